The van der Waals surface area contributed by atoms with Crippen molar-refractivity contribution in [2.75, 3.05) is 5.32 Å². The first-order valence-electron chi connectivity index (χ1n) is 14.0. The summed E-state index contributed by atoms with van der Waals surface area (Å²) >= 11 is 0. The van der Waals surface area contributed by atoms with Gasteiger partial charge in [-0.25, -0.2) is 9.97 Å². The van der Waals surface area contributed by atoms with Crippen LogP contribution in [-0.2, 0) is 16.8 Å². The molecular weight excluding hydrogens is 556 g/mol. The highest BCUT2D eigenvalue weighted by Crippen LogP contribution is 2.38. The smallest absolute Gasteiger partial charge is 0.321 e. The number of hydrogen-bond acceptors (Lipinski definition) is 7. The molecule has 0 aliphatic carbocycles. The van der Waals surface area contributed by atoms with Gasteiger partial charge in [0.1, 0.15) is 6.04 Å². The van der Waals surface area contributed by atoms with E-state index in [9.17, 15) is 20.0 Å². The van der Waals surface area contributed by atoms with Crippen LogP contribution in [0.4, 0.5) is 17.2 Å². The first-order valence-corrected chi connectivity index (χ1v) is 14.0. The van der Waals surface area contributed by atoms with Crippen LogP contribution in [0.5, 0.6) is 0 Å². The van der Waals surface area contributed by atoms with E-state index < -0.39 is 22.5 Å². The first-order chi connectivity index (χ1) is 21.5. The SMILES string of the molecule is O=C(O)[C@H](Cc1ccc(Nc2ncccc2[N+](=O)[O-])c2nccn12)NC(c1ccccc1)(c1ccccc1)c1ccccc1. The lowest BCUT2D eigenvalue weighted by atomic mass is 9.76. The first kappa shape index (κ1) is 28.3. The van der Waals surface area contributed by atoms with Gasteiger partial charge in [-0.05, 0) is 34.9 Å². The molecule has 0 spiro atoms. The molecule has 218 valence electrons. The number of pyridine rings is 2. The quantitative estimate of drug-likeness (QED) is 0.0965. The van der Waals surface area contributed by atoms with Crippen LogP contribution in [0.15, 0.2) is 134 Å². The number of hydrogen-bond donors (Lipinski definition) is 3. The minimum atomic E-state index is -1.03. The van der Waals surface area contributed by atoms with E-state index in [1.165, 1.54) is 18.3 Å². The van der Waals surface area contributed by atoms with Crippen molar-refractivity contribution >= 4 is 28.8 Å². The van der Waals surface area contributed by atoms with Crippen LogP contribution in [0.1, 0.15) is 22.4 Å². The van der Waals surface area contributed by atoms with Crippen LogP contribution >= 0.6 is 0 Å². The van der Waals surface area contributed by atoms with Crippen molar-refractivity contribution in [2.45, 2.75) is 18.0 Å². The molecule has 0 saturated heterocycles. The third-order valence-corrected chi connectivity index (χ3v) is 7.59. The van der Waals surface area contributed by atoms with Gasteiger partial charge in [-0.3, -0.25) is 20.2 Å². The van der Waals surface area contributed by atoms with Gasteiger partial charge in [0.05, 0.1) is 16.1 Å². The lowest BCUT2D eigenvalue weighted by molar-refractivity contribution is -0.384. The minimum absolute atomic E-state index is 0.0820. The summed E-state index contributed by atoms with van der Waals surface area (Å²) in [4.78, 5) is 32.6. The molecule has 0 aliphatic heterocycles. The van der Waals surface area contributed by atoms with Crippen LogP contribution in [0.25, 0.3) is 5.65 Å². The highest BCUT2D eigenvalue weighted by atomic mass is 16.6. The summed E-state index contributed by atoms with van der Waals surface area (Å²) in [6.07, 6.45) is 4.91. The fraction of sp³-hybridized carbons (Fsp3) is 0.0882. The largest absolute Gasteiger partial charge is 0.480 e. The van der Waals surface area contributed by atoms with Crippen molar-refractivity contribution in [3.8, 4) is 0 Å². The minimum Gasteiger partial charge on any atom is -0.480 e. The Labute approximate surface area is 252 Å². The second kappa shape index (κ2) is 12.2. The average Bonchev–Trinajstić information content (AvgIpc) is 3.56. The molecule has 0 amide bonds. The van der Waals surface area contributed by atoms with Gasteiger partial charge in [0.25, 0.3) is 0 Å². The number of carbonyl (C=O) groups is 1. The molecule has 10 heteroatoms. The molecule has 0 aliphatic rings. The summed E-state index contributed by atoms with van der Waals surface area (Å²) in [5.41, 5.74) is 3.19. The van der Waals surface area contributed by atoms with Crippen molar-refractivity contribution in [1.82, 2.24) is 19.7 Å². The van der Waals surface area contributed by atoms with Crippen molar-refractivity contribution in [2.24, 2.45) is 0 Å². The lowest BCUT2D eigenvalue weighted by Gasteiger charge is -2.39. The molecule has 44 heavy (non-hydrogen) atoms. The fourth-order valence-corrected chi connectivity index (χ4v) is 5.59. The number of benzene rings is 3. The molecule has 3 aromatic heterocycles. The maximum atomic E-state index is 13.0. The Bertz CT molecular complexity index is 1820. The molecule has 3 N–H and O–H groups in total. The number of imidazole rings is 1. The number of fused-ring (bicyclic) bond motifs is 1. The van der Waals surface area contributed by atoms with E-state index in [1.54, 1.807) is 28.9 Å². The van der Waals surface area contributed by atoms with Gasteiger partial charge in [-0.2, -0.15) is 0 Å². The maximum absolute atomic E-state index is 13.0. The Hall–Kier alpha value is -5.87. The molecule has 6 aromatic rings. The molecule has 3 heterocycles. The second-order valence-electron chi connectivity index (χ2n) is 10.2. The third kappa shape index (κ3) is 5.37. The maximum Gasteiger partial charge on any atom is 0.321 e. The van der Waals surface area contributed by atoms with E-state index in [0.29, 0.717) is 17.0 Å². The number of nitro groups is 1. The Balaban J connectivity index is 1.42. The van der Waals surface area contributed by atoms with Crippen LogP contribution in [0.3, 0.4) is 0 Å². The molecule has 10 nitrogen and oxygen atoms in total. The van der Waals surface area contributed by atoms with E-state index in [1.807, 2.05) is 91.0 Å². The van der Waals surface area contributed by atoms with Gasteiger partial charge < -0.3 is 14.8 Å². The standard InChI is InChI=1S/C34H28N6O4/c41-33(42)29(23-27-18-19-28(32-36-21-22-39(27)32)37-31-30(40(43)44)17-10-20-35-31)38-34(24-11-4-1-5-12-24,25-13-6-2-7-14-25)26-15-8-3-9-16-26/h1-22,29,38H,23H2,(H,35,37)(H,41,42)/t29-/m0/s1. The summed E-state index contributed by atoms with van der Waals surface area (Å²) < 4.78 is 1.78. The van der Waals surface area contributed by atoms with Gasteiger partial charge >= 0.3 is 11.7 Å². The number of aliphatic carboxylic acids is 1. The van der Waals surface area contributed by atoms with Gasteiger partial charge in [-0.15, -0.1) is 0 Å². The number of rotatable bonds is 11. The van der Waals surface area contributed by atoms with Crippen LogP contribution in [0.2, 0.25) is 0 Å². The lowest BCUT2D eigenvalue weighted by Crippen LogP contribution is -2.53. The highest BCUT2D eigenvalue weighted by molar-refractivity contribution is 5.77. The van der Waals surface area contributed by atoms with Crippen molar-refractivity contribution in [3.05, 3.63) is 166 Å². The zero-order valence-electron chi connectivity index (χ0n) is 23.4. The van der Waals surface area contributed by atoms with Crippen molar-refractivity contribution in [1.29, 1.82) is 0 Å². The number of carboxylic acid groups (broad SMARTS) is 1. The van der Waals surface area contributed by atoms with E-state index in [4.69, 9.17) is 0 Å². The Morgan fingerprint density at radius 1 is 0.818 bits per heavy atom. The van der Waals surface area contributed by atoms with Crippen LogP contribution < -0.4 is 10.6 Å². The van der Waals surface area contributed by atoms with Crippen molar-refractivity contribution < 1.29 is 14.8 Å². The molecular formula is C34H28N6O4. The zero-order valence-corrected chi connectivity index (χ0v) is 23.4. The Morgan fingerprint density at radius 2 is 1.41 bits per heavy atom. The average molecular weight is 585 g/mol. The highest BCUT2D eigenvalue weighted by Gasteiger charge is 2.40. The third-order valence-electron chi connectivity index (χ3n) is 7.59. The number of nitrogens with zero attached hydrogens (tertiary/aromatic N) is 4. The summed E-state index contributed by atoms with van der Waals surface area (Å²) in [5.74, 6) is -0.935. The molecule has 3 aromatic carbocycles. The summed E-state index contributed by atoms with van der Waals surface area (Å²) in [6, 6.07) is 34.8. The Kier molecular flexibility index (Phi) is 7.81. The Morgan fingerprint density at radius 3 is 1.95 bits per heavy atom. The van der Waals surface area contributed by atoms with Gasteiger partial charge in [-0.1, -0.05) is 91.0 Å². The van der Waals surface area contributed by atoms with Gasteiger partial charge in [0, 0.05) is 36.8 Å². The van der Waals surface area contributed by atoms with E-state index in [0.717, 1.165) is 16.7 Å². The topological polar surface area (TPSA) is 135 Å². The monoisotopic (exact) mass is 584 g/mol. The summed E-state index contributed by atoms with van der Waals surface area (Å²) in [7, 11) is 0. The molecule has 0 fully saturated rings. The molecule has 0 unspecified atom stereocenters. The molecule has 0 bridgehead atoms. The van der Waals surface area contributed by atoms with Gasteiger partial charge in [0.15, 0.2) is 5.65 Å². The predicted molar refractivity (Wildman–Crippen MR) is 167 cm³/mol. The molecule has 0 radical (unpaired) electrons. The fourth-order valence-electron chi connectivity index (χ4n) is 5.59. The van der Waals surface area contributed by atoms with E-state index in [-0.39, 0.29) is 17.9 Å². The number of carboxylic acids is 1. The number of anilines is 2. The van der Waals surface area contributed by atoms with Crippen LogP contribution in [0, 0.1) is 10.1 Å². The van der Waals surface area contributed by atoms with Crippen molar-refractivity contribution in [3.63, 3.8) is 0 Å². The number of nitrogens with one attached hydrogen (secondary N) is 2. The second-order valence-corrected chi connectivity index (χ2v) is 10.2. The summed E-state index contributed by atoms with van der Waals surface area (Å²) in [5, 5.41) is 28.7. The number of aromatic nitrogens is 3. The van der Waals surface area contributed by atoms with E-state index in [2.05, 4.69) is 20.6 Å². The molecule has 0 saturated carbocycles. The van der Waals surface area contributed by atoms with E-state index >= 15 is 0 Å². The molecule has 6 rings (SSSR count). The predicted octanol–water partition coefficient (Wildman–Crippen LogP) is 5.96. The van der Waals surface area contributed by atoms with Crippen LogP contribution in [-0.4, -0.2) is 36.4 Å². The zero-order chi connectivity index (χ0) is 30.5. The van der Waals surface area contributed by atoms with Gasteiger partial charge in [0.2, 0.25) is 5.82 Å². The summed E-state index contributed by atoms with van der Waals surface area (Å²) in [6.45, 7) is 0. The normalized spacial score (nSPS) is 12.1. The molecule has 1 atom stereocenters.